The van der Waals surface area contributed by atoms with Gasteiger partial charge in [0.1, 0.15) is 6.33 Å². The van der Waals surface area contributed by atoms with Gasteiger partial charge in [-0.05, 0) is 6.42 Å². The zero-order valence-electron chi connectivity index (χ0n) is 17.5. The lowest BCUT2D eigenvalue weighted by molar-refractivity contribution is 0.0611. The highest BCUT2D eigenvalue weighted by Gasteiger charge is 2.40. The van der Waals surface area contributed by atoms with E-state index in [4.69, 9.17) is 0 Å². The van der Waals surface area contributed by atoms with Crippen molar-refractivity contribution < 1.29 is 4.39 Å². The van der Waals surface area contributed by atoms with Crippen LogP contribution in [0.3, 0.4) is 0 Å². The predicted octanol–water partition coefficient (Wildman–Crippen LogP) is 4.53. The molecule has 27 heavy (non-hydrogen) atoms. The molecule has 150 valence electrons. The summed E-state index contributed by atoms with van der Waals surface area (Å²) < 4.78 is 16.8. The van der Waals surface area contributed by atoms with E-state index in [0.29, 0.717) is 43.7 Å². The van der Waals surface area contributed by atoms with E-state index in [2.05, 4.69) is 27.8 Å². The summed E-state index contributed by atoms with van der Waals surface area (Å²) in [6, 6.07) is 2.21. The van der Waals surface area contributed by atoms with Crippen molar-refractivity contribution in [2.45, 2.75) is 59.5 Å². The quantitative estimate of drug-likeness (QED) is 0.559. The maximum absolute atomic E-state index is 15.2. The third kappa shape index (κ3) is 6.31. The number of halogens is 1. The number of hydrogen-bond acceptors (Lipinski definition) is 5. The van der Waals surface area contributed by atoms with Crippen molar-refractivity contribution in [1.82, 2.24) is 19.7 Å². The third-order valence-electron chi connectivity index (χ3n) is 4.11. The minimum atomic E-state index is -1.48. The first-order chi connectivity index (χ1) is 13.1. The molecule has 0 saturated carbocycles. The van der Waals surface area contributed by atoms with Gasteiger partial charge in [0.25, 0.3) is 0 Å². The SMILES string of the molecule is C=CN=C/C(=C(/C#N)CC)N1CCC(F)(c2nncn2C)CC1.CC.CC. The van der Waals surface area contributed by atoms with Crippen LogP contribution >= 0.6 is 0 Å². The normalized spacial score (nSPS) is 16.3. The van der Waals surface area contributed by atoms with Gasteiger partial charge in [-0.1, -0.05) is 41.2 Å². The van der Waals surface area contributed by atoms with Gasteiger partial charge in [0.05, 0.1) is 23.6 Å². The molecule has 1 aliphatic heterocycles. The van der Waals surface area contributed by atoms with E-state index < -0.39 is 5.67 Å². The summed E-state index contributed by atoms with van der Waals surface area (Å²) in [7, 11) is 1.75. The van der Waals surface area contributed by atoms with E-state index in [1.54, 1.807) is 17.8 Å². The largest absolute Gasteiger partial charge is 0.369 e. The minimum absolute atomic E-state index is 0.299. The standard InChI is InChI=1S/C16H21FN6.2C2H6/c1-4-13(10-18)14(11-19-5-2)23-8-6-16(17,7-9-23)15-21-20-12-22(15)3;2*1-2/h5,11-12H,2,4,6-9H2,1,3H3;2*1-2H3/b14-13-,19-11?;;. The van der Waals surface area contributed by atoms with E-state index in [1.165, 1.54) is 12.5 Å². The van der Waals surface area contributed by atoms with Crippen LogP contribution in [0.15, 0.2) is 35.4 Å². The number of allylic oxidation sites excluding steroid dienone is 2. The molecular weight excluding hydrogens is 343 g/mol. The number of likely N-dealkylation sites (tertiary alicyclic amines) is 1. The summed E-state index contributed by atoms with van der Waals surface area (Å²) in [4.78, 5) is 6.04. The highest BCUT2D eigenvalue weighted by molar-refractivity contribution is 5.80. The van der Waals surface area contributed by atoms with Gasteiger partial charge >= 0.3 is 0 Å². The number of aryl methyl sites for hydroxylation is 1. The molecule has 1 aromatic rings. The van der Waals surface area contributed by atoms with Crippen LogP contribution in [0.2, 0.25) is 0 Å². The first kappa shape index (κ1) is 24.5. The number of aromatic nitrogens is 3. The van der Waals surface area contributed by atoms with Gasteiger partial charge in [-0.15, -0.1) is 10.2 Å². The minimum Gasteiger partial charge on any atom is -0.369 e. The number of rotatable bonds is 5. The van der Waals surface area contributed by atoms with Crippen molar-refractivity contribution in [2.75, 3.05) is 13.1 Å². The maximum atomic E-state index is 15.2. The molecule has 0 amide bonds. The fourth-order valence-corrected chi connectivity index (χ4v) is 2.81. The molecular formula is C20H33FN6. The fourth-order valence-electron chi connectivity index (χ4n) is 2.81. The lowest BCUT2D eigenvalue weighted by atomic mass is 9.91. The number of piperidine rings is 1. The van der Waals surface area contributed by atoms with E-state index in [9.17, 15) is 5.26 Å². The monoisotopic (exact) mass is 376 g/mol. The molecule has 0 aliphatic carbocycles. The summed E-state index contributed by atoms with van der Waals surface area (Å²) in [6.07, 6.45) is 5.77. The Morgan fingerprint density at radius 1 is 1.37 bits per heavy atom. The first-order valence-electron chi connectivity index (χ1n) is 9.61. The van der Waals surface area contributed by atoms with E-state index >= 15 is 4.39 Å². The average Bonchev–Trinajstić information content (AvgIpc) is 3.16. The number of nitriles is 1. The molecule has 7 heteroatoms. The van der Waals surface area contributed by atoms with Gasteiger partial charge in [-0.3, -0.25) is 4.99 Å². The molecule has 0 spiro atoms. The second-order valence-electron chi connectivity index (χ2n) is 5.51. The van der Waals surface area contributed by atoms with Gasteiger partial charge in [-0.2, -0.15) is 5.26 Å². The molecule has 0 unspecified atom stereocenters. The summed E-state index contributed by atoms with van der Waals surface area (Å²) in [5.41, 5.74) is -0.0999. The van der Waals surface area contributed by atoms with Gasteiger partial charge in [0, 0.05) is 39.2 Å². The lowest BCUT2D eigenvalue weighted by Crippen LogP contribution is -2.41. The Balaban J connectivity index is 0.00000158. The molecule has 1 aliphatic rings. The smallest absolute Gasteiger partial charge is 0.173 e. The highest BCUT2D eigenvalue weighted by Crippen LogP contribution is 2.36. The first-order valence-corrected chi connectivity index (χ1v) is 9.61. The van der Waals surface area contributed by atoms with E-state index in [-0.39, 0.29) is 0 Å². The van der Waals surface area contributed by atoms with Crippen LogP contribution in [-0.2, 0) is 12.7 Å². The lowest BCUT2D eigenvalue weighted by Gasteiger charge is -2.37. The Morgan fingerprint density at radius 3 is 2.37 bits per heavy atom. The molecule has 1 saturated heterocycles. The van der Waals surface area contributed by atoms with Crippen LogP contribution < -0.4 is 0 Å². The van der Waals surface area contributed by atoms with Gasteiger partial charge in [-0.25, -0.2) is 4.39 Å². The summed E-state index contributed by atoms with van der Waals surface area (Å²) in [5, 5.41) is 17.0. The molecule has 0 aromatic carbocycles. The highest BCUT2D eigenvalue weighted by atomic mass is 19.1. The number of hydrogen-bond donors (Lipinski definition) is 0. The van der Waals surface area contributed by atoms with Crippen molar-refractivity contribution in [1.29, 1.82) is 5.26 Å². The molecule has 6 nitrogen and oxygen atoms in total. The Morgan fingerprint density at radius 2 is 1.96 bits per heavy atom. The van der Waals surface area contributed by atoms with Crippen LogP contribution in [0.25, 0.3) is 0 Å². The third-order valence-corrected chi connectivity index (χ3v) is 4.11. The summed E-state index contributed by atoms with van der Waals surface area (Å²) in [5.74, 6) is 0.360. The second kappa shape index (κ2) is 12.8. The number of aliphatic imine (C=N–C) groups is 1. The van der Waals surface area contributed by atoms with Crippen molar-refractivity contribution in [2.24, 2.45) is 12.0 Å². The van der Waals surface area contributed by atoms with Gasteiger partial charge < -0.3 is 9.47 Å². The fraction of sp³-hybridized carbons (Fsp3) is 0.600. The molecule has 1 fully saturated rings. The molecule has 2 heterocycles. The molecule has 0 atom stereocenters. The predicted molar refractivity (Wildman–Crippen MR) is 109 cm³/mol. The molecule has 0 bridgehead atoms. The summed E-state index contributed by atoms with van der Waals surface area (Å²) >= 11 is 0. The van der Waals surface area contributed by atoms with Crippen LogP contribution in [0.1, 0.15) is 59.7 Å². The van der Waals surface area contributed by atoms with Crippen molar-refractivity contribution in [3.05, 3.63) is 36.2 Å². The second-order valence-corrected chi connectivity index (χ2v) is 5.51. The molecule has 0 N–H and O–H groups in total. The van der Waals surface area contributed by atoms with E-state index in [1.807, 2.05) is 39.5 Å². The molecule has 0 radical (unpaired) electrons. The Kier molecular flexibility index (Phi) is 11.6. The van der Waals surface area contributed by atoms with Gasteiger partial charge in [0.2, 0.25) is 0 Å². The number of nitrogens with zero attached hydrogens (tertiary/aromatic N) is 6. The Bertz CT molecular complexity index is 660. The van der Waals surface area contributed by atoms with Crippen LogP contribution in [-0.4, -0.2) is 39.0 Å². The van der Waals surface area contributed by atoms with Crippen molar-refractivity contribution in [3.8, 4) is 6.07 Å². The van der Waals surface area contributed by atoms with Crippen LogP contribution in [0, 0.1) is 11.3 Å². The number of alkyl halides is 1. The zero-order chi connectivity index (χ0) is 20.9. The van der Waals surface area contributed by atoms with E-state index in [0.717, 1.165) is 5.70 Å². The van der Waals surface area contributed by atoms with Crippen molar-refractivity contribution in [3.63, 3.8) is 0 Å². The maximum Gasteiger partial charge on any atom is 0.173 e. The van der Waals surface area contributed by atoms with Crippen LogP contribution in [0.5, 0.6) is 0 Å². The van der Waals surface area contributed by atoms with Crippen LogP contribution in [0.4, 0.5) is 4.39 Å². The van der Waals surface area contributed by atoms with Gasteiger partial charge in [0.15, 0.2) is 11.5 Å². The summed E-state index contributed by atoms with van der Waals surface area (Å²) in [6.45, 7) is 14.5. The molecule has 2 rings (SSSR count). The zero-order valence-corrected chi connectivity index (χ0v) is 17.5. The Hall–Kier alpha value is -2.49. The average molecular weight is 377 g/mol. The molecule has 1 aromatic heterocycles. The topological polar surface area (TPSA) is 70.1 Å². The Labute approximate surface area is 163 Å². The van der Waals surface area contributed by atoms with Crippen molar-refractivity contribution >= 4 is 6.21 Å².